The molecule has 0 aromatic rings. The smallest absolute Gasteiger partial charge is 0.356 e. The summed E-state index contributed by atoms with van der Waals surface area (Å²) in [7, 11) is 0. The topological polar surface area (TPSA) is 86.3 Å². The van der Waals surface area contributed by atoms with E-state index in [1.165, 1.54) is 0 Å². The van der Waals surface area contributed by atoms with E-state index in [-0.39, 0.29) is 18.0 Å². The first-order valence-corrected chi connectivity index (χ1v) is 6.90. The molecule has 0 aromatic carbocycles. The van der Waals surface area contributed by atoms with Gasteiger partial charge in [-0.2, -0.15) is 0 Å². The zero-order chi connectivity index (χ0) is 13.7. The summed E-state index contributed by atoms with van der Waals surface area (Å²) in [6.07, 6.45) is 4.44. The van der Waals surface area contributed by atoms with E-state index in [9.17, 15) is 4.79 Å². The van der Waals surface area contributed by atoms with E-state index >= 15 is 0 Å². The van der Waals surface area contributed by atoms with Gasteiger partial charge in [0, 0.05) is 18.9 Å². The van der Waals surface area contributed by atoms with E-state index in [0.717, 1.165) is 32.2 Å². The number of carbonyl (C=O) groups is 1. The highest BCUT2D eigenvalue weighted by molar-refractivity contribution is 6.36. The highest BCUT2D eigenvalue weighted by Gasteiger charge is 2.30. The first kappa shape index (κ1) is 13.8. The summed E-state index contributed by atoms with van der Waals surface area (Å²) in [6, 6.07) is 0. The van der Waals surface area contributed by atoms with E-state index in [1.807, 2.05) is 0 Å². The number of hydrogen-bond acceptors (Lipinski definition) is 6. The molecule has 19 heavy (non-hydrogen) atoms. The minimum absolute atomic E-state index is 0.0868. The molecule has 0 saturated heterocycles. The molecule has 0 amide bonds. The van der Waals surface area contributed by atoms with Crippen LogP contribution in [-0.2, 0) is 14.4 Å². The summed E-state index contributed by atoms with van der Waals surface area (Å²) in [6.45, 7) is 2.94. The van der Waals surface area contributed by atoms with E-state index < -0.39 is 0 Å². The average molecular weight is 267 g/mol. The van der Waals surface area contributed by atoms with Gasteiger partial charge in [0.05, 0.1) is 12.4 Å². The highest BCUT2D eigenvalue weighted by Crippen LogP contribution is 2.24. The molecular weight excluding hydrogens is 246 g/mol. The van der Waals surface area contributed by atoms with Crippen molar-refractivity contribution in [2.75, 3.05) is 13.2 Å². The quantitative estimate of drug-likeness (QED) is 0.776. The Morgan fingerprint density at radius 3 is 3.16 bits per heavy atom. The second kappa shape index (κ2) is 6.54. The molecule has 2 N–H and O–H groups in total. The normalized spacial score (nSPS) is 27.0. The zero-order valence-corrected chi connectivity index (χ0v) is 11.3. The second-order valence-electron chi connectivity index (χ2n) is 4.92. The van der Waals surface area contributed by atoms with Crippen molar-refractivity contribution in [3.8, 4) is 0 Å². The number of carbonyl (C=O) groups excluding carboxylic acids is 1. The maximum atomic E-state index is 11.5. The Balaban J connectivity index is 1.84. The van der Waals surface area contributed by atoms with Gasteiger partial charge in [0.15, 0.2) is 5.71 Å². The average Bonchev–Trinajstić information content (AvgIpc) is 2.76. The van der Waals surface area contributed by atoms with Gasteiger partial charge in [0.1, 0.15) is 6.10 Å². The molecule has 2 aliphatic rings. The second-order valence-corrected chi connectivity index (χ2v) is 4.92. The molecule has 106 valence electrons. The molecule has 0 aliphatic carbocycles. The van der Waals surface area contributed by atoms with E-state index in [0.29, 0.717) is 24.6 Å². The summed E-state index contributed by atoms with van der Waals surface area (Å²) in [5.41, 5.74) is 6.34. The zero-order valence-electron chi connectivity index (χ0n) is 11.3. The van der Waals surface area contributed by atoms with Crippen LogP contribution in [0.2, 0.25) is 0 Å². The number of ether oxygens (including phenoxy) is 1. The Bertz CT molecular complexity index is 393. The van der Waals surface area contributed by atoms with Gasteiger partial charge in [-0.1, -0.05) is 11.6 Å². The minimum atomic E-state index is -0.382. The van der Waals surface area contributed by atoms with Crippen molar-refractivity contribution in [2.24, 2.45) is 21.8 Å². The summed E-state index contributed by atoms with van der Waals surface area (Å²) in [5.74, 6) is 0.572. The molecule has 2 unspecified atom stereocenters. The van der Waals surface area contributed by atoms with Crippen LogP contribution in [0.15, 0.2) is 10.1 Å². The van der Waals surface area contributed by atoms with Gasteiger partial charge < -0.3 is 15.3 Å². The first-order valence-electron chi connectivity index (χ1n) is 6.90. The molecule has 0 bridgehead atoms. The maximum absolute atomic E-state index is 11.5. The summed E-state index contributed by atoms with van der Waals surface area (Å²) in [4.78, 5) is 21.2. The SMILES string of the molecule is CCOC(=O)C1=NOC(CC2CCCCN=C2N)C1. The fourth-order valence-corrected chi connectivity index (χ4v) is 2.43. The van der Waals surface area contributed by atoms with Gasteiger partial charge >= 0.3 is 5.97 Å². The predicted molar refractivity (Wildman–Crippen MR) is 72.0 cm³/mol. The van der Waals surface area contributed by atoms with E-state index in [1.54, 1.807) is 6.92 Å². The van der Waals surface area contributed by atoms with Gasteiger partial charge in [-0.15, -0.1) is 0 Å². The molecule has 6 heteroatoms. The van der Waals surface area contributed by atoms with Crippen molar-refractivity contribution in [3.05, 3.63) is 0 Å². The van der Waals surface area contributed by atoms with Crippen molar-refractivity contribution < 1.29 is 14.4 Å². The number of amidine groups is 1. The lowest BCUT2D eigenvalue weighted by atomic mass is 9.93. The Kier molecular flexibility index (Phi) is 4.76. The molecule has 0 aromatic heterocycles. The Hall–Kier alpha value is -1.59. The summed E-state index contributed by atoms with van der Waals surface area (Å²) < 4.78 is 4.91. The van der Waals surface area contributed by atoms with Crippen LogP contribution in [0.5, 0.6) is 0 Å². The molecule has 2 rings (SSSR count). The molecule has 0 saturated carbocycles. The van der Waals surface area contributed by atoms with E-state index in [4.69, 9.17) is 15.3 Å². The molecule has 2 aliphatic heterocycles. The third-order valence-corrected chi connectivity index (χ3v) is 3.46. The molecule has 0 spiro atoms. The number of hydrogen-bond donors (Lipinski definition) is 1. The van der Waals surface area contributed by atoms with Crippen molar-refractivity contribution in [3.63, 3.8) is 0 Å². The molecule has 0 radical (unpaired) electrons. The van der Waals surface area contributed by atoms with Crippen LogP contribution < -0.4 is 5.73 Å². The van der Waals surface area contributed by atoms with Crippen LogP contribution in [0.1, 0.15) is 39.0 Å². The third kappa shape index (κ3) is 3.68. The fraction of sp³-hybridized carbons (Fsp3) is 0.769. The molecule has 0 fully saturated rings. The Morgan fingerprint density at radius 2 is 2.37 bits per heavy atom. The lowest BCUT2D eigenvalue weighted by Gasteiger charge is -2.17. The van der Waals surface area contributed by atoms with Crippen LogP contribution in [0.4, 0.5) is 0 Å². The van der Waals surface area contributed by atoms with E-state index in [2.05, 4.69) is 10.1 Å². The van der Waals surface area contributed by atoms with Crippen LogP contribution in [0.3, 0.4) is 0 Å². The lowest BCUT2D eigenvalue weighted by Crippen LogP contribution is -2.27. The van der Waals surface area contributed by atoms with Crippen LogP contribution in [0, 0.1) is 5.92 Å². The summed E-state index contributed by atoms with van der Waals surface area (Å²) in [5, 5.41) is 3.81. The largest absolute Gasteiger partial charge is 0.461 e. The van der Waals surface area contributed by atoms with Crippen molar-refractivity contribution in [1.29, 1.82) is 0 Å². The number of nitrogens with two attached hydrogens (primary N) is 1. The predicted octanol–water partition coefficient (Wildman–Crippen LogP) is 1.24. The third-order valence-electron chi connectivity index (χ3n) is 3.46. The molecule has 2 heterocycles. The molecule has 6 nitrogen and oxygen atoms in total. The number of rotatable bonds is 4. The van der Waals surface area contributed by atoms with Crippen LogP contribution in [0.25, 0.3) is 0 Å². The maximum Gasteiger partial charge on any atom is 0.356 e. The molecule has 2 atom stereocenters. The monoisotopic (exact) mass is 267 g/mol. The van der Waals surface area contributed by atoms with Crippen molar-refractivity contribution in [2.45, 2.75) is 45.1 Å². The first-order chi connectivity index (χ1) is 9.20. The number of nitrogens with zero attached hydrogens (tertiary/aromatic N) is 2. The van der Waals surface area contributed by atoms with Crippen molar-refractivity contribution in [1.82, 2.24) is 0 Å². The van der Waals surface area contributed by atoms with Gasteiger partial charge in [-0.05, 0) is 26.2 Å². The number of oxime groups is 1. The van der Waals surface area contributed by atoms with Gasteiger partial charge in [0.25, 0.3) is 0 Å². The molecular formula is C13H21N3O3. The highest BCUT2D eigenvalue weighted by atomic mass is 16.6. The Morgan fingerprint density at radius 1 is 1.53 bits per heavy atom. The number of esters is 1. The van der Waals surface area contributed by atoms with Crippen molar-refractivity contribution >= 4 is 17.5 Å². The van der Waals surface area contributed by atoms with Crippen LogP contribution >= 0.6 is 0 Å². The number of aliphatic imine (C=N–C) groups is 1. The fourth-order valence-electron chi connectivity index (χ4n) is 2.43. The van der Waals surface area contributed by atoms with Gasteiger partial charge in [0.2, 0.25) is 0 Å². The lowest BCUT2D eigenvalue weighted by molar-refractivity contribution is -0.135. The minimum Gasteiger partial charge on any atom is -0.461 e. The van der Waals surface area contributed by atoms with Gasteiger partial charge in [-0.3, -0.25) is 4.99 Å². The van der Waals surface area contributed by atoms with Crippen LogP contribution in [-0.4, -0.2) is 36.8 Å². The summed E-state index contributed by atoms with van der Waals surface area (Å²) >= 11 is 0. The Labute approximate surface area is 113 Å². The van der Waals surface area contributed by atoms with Gasteiger partial charge in [-0.25, -0.2) is 4.79 Å². The standard InChI is InChI=1S/C13H21N3O3/c1-2-18-13(17)11-8-10(19-16-11)7-9-5-3-4-6-15-12(9)14/h9-10H,2-8H2,1H3,(H2,14,15).